The molecule has 6 aromatic carbocycles. The summed E-state index contributed by atoms with van der Waals surface area (Å²) in [5, 5.41) is 0. The molecule has 53 heavy (non-hydrogen) atoms. The maximum atomic E-state index is 4.99. The molecular formula is C46H28N6S. The number of pyridine rings is 1. The van der Waals surface area contributed by atoms with Gasteiger partial charge in [-0.05, 0) is 52.1 Å². The first-order chi connectivity index (χ1) is 26.2. The molecule has 0 spiro atoms. The number of benzene rings is 6. The summed E-state index contributed by atoms with van der Waals surface area (Å²) in [7, 11) is 0. The van der Waals surface area contributed by atoms with E-state index in [2.05, 4.69) is 103 Å². The van der Waals surface area contributed by atoms with Gasteiger partial charge in [0.1, 0.15) is 15.9 Å². The van der Waals surface area contributed by atoms with Crippen LogP contribution in [0, 0.1) is 0 Å². The van der Waals surface area contributed by atoms with E-state index in [1.807, 2.05) is 66.9 Å². The number of thiophene rings is 1. The van der Waals surface area contributed by atoms with Crippen LogP contribution in [0.3, 0.4) is 0 Å². The largest absolute Gasteiger partial charge is 0.253 e. The van der Waals surface area contributed by atoms with Crippen LogP contribution in [0.15, 0.2) is 170 Å². The van der Waals surface area contributed by atoms with E-state index < -0.39 is 0 Å². The SMILES string of the molecule is c1ccc(-c2ccc(-c3nc(-c4ccccc4)nc(-c4ccc(-c5cccc(-c6ccnc7c6sc6nc8ccccc8nc67)c5)cc4)n3)cc2)cc1. The second kappa shape index (κ2) is 13.0. The number of nitrogens with zero attached hydrogens (tertiary/aromatic N) is 6. The highest BCUT2D eigenvalue weighted by molar-refractivity contribution is 7.25. The van der Waals surface area contributed by atoms with Crippen LogP contribution in [0.4, 0.5) is 0 Å². The number of rotatable bonds is 6. The summed E-state index contributed by atoms with van der Waals surface area (Å²) in [4.78, 5) is 30.3. The van der Waals surface area contributed by atoms with E-state index >= 15 is 0 Å². The first-order valence-corrected chi connectivity index (χ1v) is 18.2. The Labute approximate surface area is 309 Å². The van der Waals surface area contributed by atoms with Crippen molar-refractivity contribution in [1.29, 1.82) is 0 Å². The maximum Gasteiger partial charge on any atom is 0.164 e. The average molecular weight is 697 g/mol. The zero-order valence-corrected chi connectivity index (χ0v) is 29.1. The van der Waals surface area contributed by atoms with Gasteiger partial charge in [0, 0.05) is 28.5 Å². The molecule has 0 N–H and O–H groups in total. The smallest absolute Gasteiger partial charge is 0.164 e. The highest BCUT2D eigenvalue weighted by atomic mass is 32.1. The lowest BCUT2D eigenvalue weighted by atomic mass is 9.98. The van der Waals surface area contributed by atoms with E-state index in [1.54, 1.807) is 11.3 Å². The number of hydrogen-bond acceptors (Lipinski definition) is 7. The molecule has 0 fully saturated rings. The van der Waals surface area contributed by atoms with E-state index in [0.717, 1.165) is 76.1 Å². The van der Waals surface area contributed by atoms with Gasteiger partial charge in [-0.1, -0.05) is 140 Å². The molecular weight excluding hydrogens is 669 g/mol. The Balaban J connectivity index is 1.00. The van der Waals surface area contributed by atoms with Gasteiger partial charge in [0.15, 0.2) is 17.5 Å². The van der Waals surface area contributed by atoms with Crippen LogP contribution in [-0.2, 0) is 0 Å². The summed E-state index contributed by atoms with van der Waals surface area (Å²) in [6.45, 7) is 0. The molecule has 0 amide bonds. The Morgan fingerprint density at radius 1 is 0.340 bits per heavy atom. The third-order valence-electron chi connectivity index (χ3n) is 9.43. The van der Waals surface area contributed by atoms with E-state index in [9.17, 15) is 0 Å². The third kappa shape index (κ3) is 5.79. The minimum absolute atomic E-state index is 0.625. The number of aromatic nitrogens is 6. The fraction of sp³-hybridized carbons (Fsp3) is 0. The quantitative estimate of drug-likeness (QED) is 0.172. The van der Waals surface area contributed by atoms with Gasteiger partial charge in [0.25, 0.3) is 0 Å². The summed E-state index contributed by atoms with van der Waals surface area (Å²) < 4.78 is 1.08. The number of para-hydroxylation sites is 2. The zero-order valence-electron chi connectivity index (χ0n) is 28.3. The molecule has 0 unspecified atom stereocenters. The molecule has 0 aliphatic heterocycles. The highest BCUT2D eigenvalue weighted by Crippen LogP contribution is 2.39. The monoisotopic (exact) mass is 696 g/mol. The van der Waals surface area contributed by atoms with Crippen LogP contribution in [0.1, 0.15) is 0 Å². The lowest BCUT2D eigenvalue weighted by Gasteiger charge is -2.10. The predicted octanol–water partition coefficient (Wildman–Crippen LogP) is 11.6. The fourth-order valence-electron chi connectivity index (χ4n) is 6.72. The Hall–Kier alpha value is -6.96. The van der Waals surface area contributed by atoms with Gasteiger partial charge in [-0.3, -0.25) is 4.98 Å². The molecule has 0 aliphatic carbocycles. The van der Waals surface area contributed by atoms with E-state index in [0.29, 0.717) is 17.5 Å². The lowest BCUT2D eigenvalue weighted by molar-refractivity contribution is 1.07. The standard InChI is InChI=1S/C46H28N6S/c1-3-10-29(11-4-1)30-18-22-33(23-19-30)44-50-43(32-12-5-2-6-13-32)51-45(52-44)34-24-20-31(21-25-34)35-14-9-15-36(28-35)37-26-27-47-40-41-46(53-42(37)40)49-39-17-8-7-16-38(39)48-41/h1-28H. The van der Waals surface area contributed by atoms with Gasteiger partial charge in [0.05, 0.1) is 15.7 Å². The lowest BCUT2D eigenvalue weighted by Crippen LogP contribution is -2.00. The molecule has 7 heteroatoms. The van der Waals surface area contributed by atoms with Crippen molar-refractivity contribution in [3.8, 4) is 67.5 Å². The van der Waals surface area contributed by atoms with Crippen molar-refractivity contribution in [3.63, 3.8) is 0 Å². The highest BCUT2D eigenvalue weighted by Gasteiger charge is 2.16. The van der Waals surface area contributed by atoms with Crippen molar-refractivity contribution < 1.29 is 0 Å². The van der Waals surface area contributed by atoms with Crippen molar-refractivity contribution in [2.75, 3.05) is 0 Å². The molecule has 4 aromatic heterocycles. The fourth-order valence-corrected chi connectivity index (χ4v) is 7.84. The van der Waals surface area contributed by atoms with Crippen molar-refractivity contribution >= 4 is 42.9 Å². The van der Waals surface area contributed by atoms with Crippen molar-refractivity contribution in [2.24, 2.45) is 0 Å². The molecule has 4 heterocycles. The second-order valence-corrected chi connectivity index (χ2v) is 13.8. The van der Waals surface area contributed by atoms with Gasteiger partial charge < -0.3 is 0 Å². The topological polar surface area (TPSA) is 77.3 Å². The van der Waals surface area contributed by atoms with Crippen LogP contribution >= 0.6 is 11.3 Å². The molecule has 0 aliphatic rings. The van der Waals surface area contributed by atoms with Crippen LogP contribution in [0.5, 0.6) is 0 Å². The number of hydrogen-bond donors (Lipinski definition) is 0. The van der Waals surface area contributed by atoms with Gasteiger partial charge in [0.2, 0.25) is 0 Å². The minimum Gasteiger partial charge on any atom is -0.253 e. The molecule has 248 valence electrons. The summed E-state index contributed by atoms with van der Waals surface area (Å²) >= 11 is 1.64. The summed E-state index contributed by atoms with van der Waals surface area (Å²) in [6, 6.07) is 56.0. The van der Waals surface area contributed by atoms with E-state index in [1.165, 1.54) is 5.56 Å². The van der Waals surface area contributed by atoms with Crippen LogP contribution in [-0.4, -0.2) is 29.9 Å². The molecule has 0 saturated heterocycles. The second-order valence-electron chi connectivity index (χ2n) is 12.8. The van der Waals surface area contributed by atoms with Crippen LogP contribution in [0.2, 0.25) is 0 Å². The normalized spacial score (nSPS) is 11.4. The maximum absolute atomic E-state index is 4.99. The Bertz CT molecular complexity index is 2930. The van der Waals surface area contributed by atoms with Crippen molar-refractivity contribution in [1.82, 2.24) is 29.9 Å². The molecule has 0 atom stereocenters. The Morgan fingerprint density at radius 2 is 0.811 bits per heavy atom. The molecule has 0 saturated carbocycles. The van der Waals surface area contributed by atoms with Gasteiger partial charge in [-0.25, -0.2) is 24.9 Å². The molecule has 10 aromatic rings. The zero-order chi connectivity index (χ0) is 35.1. The Kier molecular flexibility index (Phi) is 7.55. The minimum atomic E-state index is 0.625. The molecule has 10 rings (SSSR count). The van der Waals surface area contributed by atoms with Crippen molar-refractivity contribution in [3.05, 3.63) is 170 Å². The first kappa shape index (κ1) is 30.8. The van der Waals surface area contributed by atoms with Gasteiger partial charge >= 0.3 is 0 Å². The summed E-state index contributed by atoms with van der Waals surface area (Å²) in [5.41, 5.74) is 13.0. The van der Waals surface area contributed by atoms with E-state index in [-0.39, 0.29) is 0 Å². The summed E-state index contributed by atoms with van der Waals surface area (Å²) in [6.07, 6.45) is 1.87. The van der Waals surface area contributed by atoms with Crippen LogP contribution in [0.25, 0.3) is 99.1 Å². The predicted molar refractivity (Wildman–Crippen MR) is 216 cm³/mol. The third-order valence-corrected chi connectivity index (χ3v) is 10.5. The first-order valence-electron chi connectivity index (χ1n) is 17.4. The van der Waals surface area contributed by atoms with Gasteiger partial charge in [-0.15, -0.1) is 11.3 Å². The average Bonchev–Trinajstić information content (AvgIpc) is 3.61. The van der Waals surface area contributed by atoms with Crippen molar-refractivity contribution in [2.45, 2.75) is 0 Å². The summed E-state index contributed by atoms with van der Waals surface area (Å²) in [5.74, 6) is 1.90. The van der Waals surface area contributed by atoms with Crippen LogP contribution < -0.4 is 0 Å². The molecule has 0 radical (unpaired) electrons. The number of fused-ring (bicyclic) bond motifs is 4. The van der Waals surface area contributed by atoms with E-state index in [4.69, 9.17) is 29.9 Å². The van der Waals surface area contributed by atoms with Gasteiger partial charge in [-0.2, -0.15) is 0 Å². The Morgan fingerprint density at radius 3 is 1.45 bits per heavy atom. The molecule has 0 bridgehead atoms. The molecule has 6 nitrogen and oxygen atoms in total.